The minimum Gasteiger partial charge on any atom is -0.465 e. The SMILES string of the molecule is COC(=O)c1cc(CN2CCC(c3noc(C)n3)CC2)c(C)s1. The molecule has 6 nitrogen and oxygen atoms in total. The van der Waals surface area contributed by atoms with E-state index in [2.05, 4.69) is 22.0 Å². The first-order valence-electron chi connectivity index (χ1n) is 7.77. The smallest absolute Gasteiger partial charge is 0.348 e. The standard InChI is InChI=1S/C16H21N3O3S/c1-10-13(8-14(23-10)16(20)21-3)9-19-6-4-12(5-7-19)15-17-11(2)22-18-15/h8,12H,4-7,9H2,1-3H3. The summed E-state index contributed by atoms with van der Waals surface area (Å²) in [5.74, 6) is 1.60. The Morgan fingerprint density at radius 1 is 1.43 bits per heavy atom. The van der Waals surface area contributed by atoms with Crippen LogP contribution in [0.2, 0.25) is 0 Å². The summed E-state index contributed by atoms with van der Waals surface area (Å²) in [6.07, 6.45) is 2.07. The van der Waals surface area contributed by atoms with Gasteiger partial charge in [-0.05, 0) is 44.5 Å². The number of hydrogen-bond acceptors (Lipinski definition) is 7. The number of thiophene rings is 1. The Morgan fingerprint density at radius 2 is 2.17 bits per heavy atom. The van der Waals surface area contributed by atoms with E-state index in [1.165, 1.54) is 28.9 Å². The van der Waals surface area contributed by atoms with E-state index in [0.717, 1.165) is 38.3 Å². The molecule has 0 unspecified atom stereocenters. The summed E-state index contributed by atoms with van der Waals surface area (Å²) in [5, 5.41) is 4.04. The lowest BCUT2D eigenvalue weighted by molar-refractivity contribution is 0.0606. The molecule has 1 aliphatic rings. The highest BCUT2D eigenvalue weighted by Gasteiger charge is 2.25. The lowest BCUT2D eigenvalue weighted by Crippen LogP contribution is -2.32. The van der Waals surface area contributed by atoms with Crippen LogP contribution in [0, 0.1) is 13.8 Å². The second-order valence-corrected chi connectivity index (χ2v) is 7.16. The fourth-order valence-electron chi connectivity index (χ4n) is 2.95. The van der Waals surface area contributed by atoms with E-state index >= 15 is 0 Å². The maximum atomic E-state index is 11.6. The third-order valence-electron chi connectivity index (χ3n) is 4.30. The number of carbonyl (C=O) groups is 1. The van der Waals surface area contributed by atoms with E-state index in [1.54, 1.807) is 0 Å². The van der Waals surface area contributed by atoms with E-state index in [0.29, 0.717) is 16.7 Å². The van der Waals surface area contributed by atoms with Crippen LogP contribution in [0.5, 0.6) is 0 Å². The Balaban J connectivity index is 1.58. The number of likely N-dealkylation sites (tertiary alicyclic amines) is 1. The summed E-state index contributed by atoms with van der Waals surface area (Å²) >= 11 is 1.50. The summed E-state index contributed by atoms with van der Waals surface area (Å²) in [4.78, 5) is 20.2. The van der Waals surface area contributed by atoms with Crippen molar-refractivity contribution in [2.45, 2.75) is 39.2 Å². The first-order valence-corrected chi connectivity index (χ1v) is 8.58. The van der Waals surface area contributed by atoms with Crippen molar-refractivity contribution in [3.63, 3.8) is 0 Å². The highest BCUT2D eigenvalue weighted by molar-refractivity contribution is 7.14. The molecule has 1 aliphatic heterocycles. The Hall–Kier alpha value is -1.73. The zero-order chi connectivity index (χ0) is 16.4. The average Bonchev–Trinajstić information content (AvgIpc) is 3.14. The van der Waals surface area contributed by atoms with E-state index in [1.807, 2.05) is 13.0 Å². The minimum atomic E-state index is -0.254. The molecule has 1 saturated heterocycles. The third kappa shape index (κ3) is 3.61. The predicted octanol–water partition coefficient (Wildman–Crippen LogP) is 2.91. The van der Waals surface area contributed by atoms with Gasteiger partial charge in [-0.15, -0.1) is 11.3 Å². The second-order valence-electron chi connectivity index (χ2n) is 5.91. The van der Waals surface area contributed by atoms with Crippen LogP contribution in [-0.2, 0) is 11.3 Å². The summed E-state index contributed by atoms with van der Waals surface area (Å²) in [7, 11) is 1.42. The number of esters is 1. The molecular formula is C16H21N3O3S. The molecule has 2 aromatic heterocycles. The number of carbonyl (C=O) groups excluding carboxylic acids is 1. The number of hydrogen-bond donors (Lipinski definition) is 0. The van der Waals surface area contributed by atoms with Gasteiger partial charge in [-0.2, -0.15) is 4.98 Å². The number of ether oxygens (including phenoxy) is 1. The molecule has 0 radical (unpaired) electrons. The van der Waals surface area contributed by atoms with Gasteiger partial charge in [0.15, 0.2) is 5.82 Å². The topological polar surface area (TPSA) is 68.5 Å². The molecule has 1 fully saturated rings. The predicted molar refractivity (Wildman–Crippen MR) is 86.7 cm³/mol. The van der Waals surface area contributed by atoms with Gasteiger partial charge in [-0.1, -0.05) is 5.16 Å². The Labute approximate surface area is 139 Å². The molecule has 0 bridgehead atoms. The molecule has 0 aliphatic carbocycles. The second kappa shape index (κ2) is 6.80. The molecule has 23 heavy (non-hydrogen) atoms. The van der Waals surface area contributed by atoms with Crippen molar-refractivity contribution < 1.29 is 14.1 Å². The first-order chi connectivity index (χ1) is 11.1. The van der Waals surface area contributed by atoms with Crippen LogP contribution >= 0.6 is 11.3 Å². The zero-order valence-corrected chi connectivity index (χ0v) is 14.5. The van der Waals surface area contributed by atoms with Crippen LogP contribution in [-0.4, -0.2) is 41.2 Å². The van der Waals surface area contributed by atoms with Crippen LogP contribution in [0.15, 0.2) is 10.6 Å². The molecule has 7 heteroatoms. The van der Waals surface area contributed by atoms with Crippen LogP contribution < -0.4 is 0 Å². The van der Waals surface area contributed by atoms with Crippen LogP contribution in [0.4, 0.5) is 0 Å². The maximum Gasteiger partial charge on any atom is 0.348 e. The largest absolute Gasteiger partial charge is 0.465 e. The van der Waals surface area contributed by atoms with Crippen LogP contribution in [0.3, 0.4) is 0 Å². The molecule has 0 spiro atoms. The summed E-state index contributed by atoms with van der Waals surface area (Å²) in [5.41, 5.74) is 1.21. The van der Waals surface area contributed by atoms with Crippen molar-refractivity contribution in [2.24, 2.45) is 0 Å². The van der Waals surface area contributed by atoms with Gasteiger partial charge in [-0.25, -0.2) is 4.79 Å². The normalized spacial score (nSPS) is 16.7. The molecule has 2 aromatic rings. The van der Waals surface area contributed by atoms with Crippen LogP contribution in [0.1, 0.15) is 50.6 Å². The van der Waals surface area contributed by atoms with Crippen molar-refractivity contribution >= 4 is 17.3 Å². The highest BCUT2D eigenvalue weighted by atomic mass is 32.1. The number of aryl methyl sites for hydroxylation is 2. The summed E-state index contributed by atoms with van der Waals surface area (Å²) < 4.78 is 9.87. The van der Waals surface area contributed by atoms with Gasteiger partial charge in [0.1, 0.15) is 4.88 Å². The Morgan fingerprint density at radius 3 is 2.78 bits per heavy atom. The number of aromatic nitrogens is 2. The van der Waals surface area contributed by atoms with Crippen molar-refractivity contribution in [2.75, 3.05) is 20.2 Å². The molecule has 124 valence electrons. The molecule has 3 heterocycles. The van der Waals surface area contributed by atoms with Crippen molar-refractivity contribution in [1.82, 2.24) is 15.0 Å². The van der Waals surface area contributed by atoms with Crippen molar-refractivity contribution in [1.29, 1.82) is 0 Å². The fraction of sp³-hybridized carbons (Fsp3) is 0.562. The van der Waals surface area contributed by atoms with Gasteiger partial charge < -0.3 is 9.26 Å². The van der Waals surface area contributed by atoms with Gasteiger partial charge in [0, 0.05) is 24.3 Å². The average molecular weight is 335 g/mol. The molecule has 0 amide bonds. The fourth-order valence-corrected chi connectivity index (χ4v) is 3.90. The van der Waals surface area contributed by atoms with Crippen molar-refractivity contribution in [3.05, 3.63) is 33.1 Å². The van der Waals surface area contributed by atoms with Gasteiger partial charge in [0.2, 0.25) is 5.89 Å². The number of rotatable bonds is 4. The van der Waals surface area contributed by atoms with Gasteiger partial charge in [-0.3, -0.25) is 4.90 Å². The molecule has 0 N–H and O–H groups in total. The number of piperidine rings is 1. The third-order valence-corrected chi connectivity index (χ3v) is 5.37. The zero-order valence-electron chi connectivity index (χ0n) is 13.7. The van der Waals surface area contributed by atoms with Crippen molar-refractivity contribution in [3.8, 4) is 0 Å². The highest BCUT2D eigenvalue weighted by Crippen LogP contribution is 2.29. The van der Waals surface area contributed by atoms with Gasteiger partial charge in [0.25, 0.3) is 0 Å². The molecular weight excluding hydrogens is 314 g/mol. The van der Waals surface area contributed by atoms with E-state index in [-0.39, 0.29) is 5.97 Å². The lowest BCUT2D eigenvalue weighted by atomic mass is 9.96. The molecule has 0 atom stereocenters. The van der Waals surface area contributed by atoms with E-state index < -0.39 is 0 Å². The molecule has 0 saturated carbocycles. The number of nitrogens with zero attached hydrogens (tertiary/aromatic N) is 3. The summed E-state index contributed by atoms with van der Waals surface area (Å²) in [6.45, 7) is 6.75. The minimum absolute atomic E-state index is 0.254. The van der Waals surface area contributed by atoms with Gasteiger partial charge >= 0.3 is 5.97 Å². The van der Waals surface area contributed by atoms with E-state index in [4.69, 9.17) is 9.26 Å². The maximum absolute atomic E-state index is 11.6. The van der Waals surface area contributed by atoms with Gasteiger partial charge in [0.05, 0.1) is 7.11 Å². The first kappa shape index (κ1) is 16.1. The lowest BCUT2D eigenvalue weighted by Gasteiger charge is -2.30. The molecule has 3 rings (SSSR count). The Kier molecular flexibility index (Phi) is 4.77. The molecule has 0 aromatic carbocycles. The monoisotopic (exact) mass is 335 g/mol. The van der Waals surface area contributed by atoms with Crippen LogP contribution in [0.25, 0.3) is 0 Å². The van der Waals surface area contributed by atoms with E-state index in [9.17, 15) is 4.79 Å². The Bertz CT molecular complexity index is 687. The summed E-state index contributed by atoms with van der Waals surface area (Å²) in [6, 6.07) is 1.96. The quantitative estimate of drug-likeness (QED) is 0.800. The number of methoxy groups -OCH3 is 1.